The van der Waals surface area contributed by atoms with Crippen molar-refractivity contribution in [3.63, 3.8) is 0 Å². The molecule has 0 saturated carbocycles. The number of amides is 1. The lowest BCUT2D eigenvalue weighted by Gasteiger charge is -2.19. The van der Waals surface area contributed by atoms with Crippen LogP contribution in [-0.4, -0.2) is 10.9 Å². The van der Waals surface area contributed by atoms with Crippen LogP contribution in [0.4, 0.5) is 0 Å². The molecule has 0 saturated heterocycles. The van der Waals surface area contributed by atoms with Gasteiger partial charge in [-0.25, -0.2) is 0 Å². The lowest BCUT2D eigenvalue weighted by Crippen LogP contribution is -2.28. The Bertz CT molecular complexity index is 719. The fourth-order valence-corrected chi connectivity index (χ4v) is 3.15. The number of carbonyl (C=O) groups is 1. The van der Waals surface area contributed by atoms with Crippen molar-refractivity contribution in [3.8, 4) is 0 Å². The zero-order chi connectivity index (χ0) is 15.4. The number of hydrogen-bond donors (Lipinski definition) is 1. The summed E-state index contributed by atoms with van der Waals surface area (Å²) in [7, 11) is 0. The van der Waals surface area contributed by atoms with Crippen LogP contribution >= 0.6 is 22.9 Å². The number of pyridine rings is 1. The van der Waals surface area contributed by atoms with Crippen LogP contribution in [0.25, 0.3) is 0 Å². The maximum Gasteiger partial charge on any atom is 0.262 e. The number of thiophene rings is 1. The first-order valence-corrected chi connectivity index (χ1v) is 7.94. The van der Waals surface area contributed by atoms with E-state index in [9.17, 15) is 4.79 Å². The molecule has 3 rings (SSSR count). The smallest absolute Gasteiger partial charge is 0.262 e. The number of benzene rings is 1. The number of carbonyl (C=O) groups excluding carboxylic acids is 1. The van der Waals surface area contributed by atoms with E-state index in [-0.39, 0.29) is 11.9 Å². The topological polar surface area (TPSA) is 42.0 Å². The minimum atomic E-state index is -0.224. The number of nitrogens with one attached hydrogen (secondary N) is 1. The fourth-order valence-electron chi connectivity index (χ4n) is 2.20. The van der Waals surface area contributed by atoms with Crippen LogP contribution in [-0.2, 0) is 0 Å². The maximum atomic E-state index is 12.4. The number of aromatic nitrogens is 1. The van der Waals surface area contributed by atoms with Gasteiger partial charge in [0, 0.05) is 12.4 Å². The first-order valence-electron chi connectivity index (χ1n) is 6.75. The van der Waals surface area contributed by atoms with Gasteiger partial charge in [0.05, 0.1) is 15.3 Å². The molecule has 2 aromatic heterocycles. The number of nitrogens with zero attached hydrogens (tertiary/aromatic N) is 1. The SMILES string of the molecule is O=C(N[C@H](c1ccccc1)c1ccncc1)c1ccc(Cl)s1. The Morgan fingerprint density at radius 2 is 1.68 bits per heavy atom. The van der Waals surface area contributed by atoms with Gasteiger partial charge >= 0.3 is 0 Å². The molecule has 2 heterocycles. The van der Waals surface area contributed by atoms with E-state index in [1.54, 1.807) is 24.5 Å². The van der Waals surface area contributed by atoms with Crippen molar-refractivity contribution in [2.45, 2.75) is 6.04 Å². The zero-order valence-corrected chi connectivity index (χ0v) is 13.1. The Morgan fingerprint density at radius 3 is 2.32 bits per heavy atom. The minimum absolute atomic E-state index is 0.137. The van der Waals surface area contributed by atoms with E-state index in [0.717, 1.165) is 11.1 Å². The Balaban J connectivity index is 1.91. The molecule has 1 amide bonds. The molecule has 1 N–H and O–H groups in total. The monoisotopic (exact) mass is 328 g/mol. The molecule has 0 aliphatic rings. The Kier molecular flexibility index (Phi) is 4.51. The predicted octanol–water partition coefficient (Wildman–Crippen LogP) is 4.32. The van der Waals surface area contributed by atoms with Gasteiger partial charge in [0.25, 0.3) is 5.91 Å². The van der Waals surface area contributed by atoms with Crippen molar-refractivity contribution in [1.82, 2.24) is 10.3 Å². The lowest BCUT2D eigenvalue weighted by molar-refractivity contribution is 0.0947. The van der Waals surface area contributed by atoms with Gasteiger partial charge in [-0.3, -0.25) is 9.78 Å². The quantitative estimate of drug-likeness (QED) is 0.775. The third-order valence-electron chi connectivity index (χ3n) is 3.24. The highest BCUT2D eigenvalue weighted by atomic mass is 35.5. The number of hydrogen-bond acceptors (Lipinski definition) is 3. The number of rotatable bonds is 4. The van der Waals surface area contributed by atoms with Crippen LogP contribution < -0.4 is 5.32 Å². The van der Waals surface area contributed by atoms with Crippen LogP contribution in [0.15, 0.2) is 67.0 Å². The molecular formula is C17H13ClN2OS. The van der Waals surface area contributed by atoms with Gasteiger partial charge in [0.2, 0.25) is 0 Å². The molecule has 0 spiro atoms. The van der Waals surface area contributed by atoms with Crippen molar-refractivity contribution < 1.29 is 4.79 Å². The molecule has 0 radical (unpaired) electrons. The van der Waals surface area contributed by atoms with E-state index < -0.39 is 0 Å². The van der Waals surface area contributed by atoms with Crippen molar-refractivity contribution >= 4 is 28.8 Å². The summed E-state index contributed by atoms with van der Waals surface area (Å²) < 4.78 is 0.602. The van der Waals surface area contributed by atoms with Gasteiger partial charge in [-0.15, -0.1) is 11.3 Å². The van der Waals surface area contributed by atoms with Crippen LogP contribution in [0.2, 0.25) is 4.34 Å². The molecule has 0 aliphatic heterocycles. The normalized spacial score (nSPS) is 11.9. The lowest BCUT2D eigenvalue weighted by atomic mass is 9.99. The molecule has 0 fully saturated rings. The maximum absolute atomic E-state index is 12.4. The molecule has 3 nitrogen and oxygen atoms in total. The minimum Gasteiger partial charge on any atom is -0.340 e. The van der Waals surface area contributed by atoms with Gasteiger partial charge in [0.1, 0.15) is 0 Å². The summed E-state index contributed by atoms with van der Waals surface area (Å²) in [6.07, 6.45) is 3.44. The van der Waals surface area contributed by atoms with E-state index in [2.05, 4.69) is 10.3 Å². The highest BCUT2D eigenvalue weighted by Crippen LogP contribution is 2.25. The Morgan fingerprint density at radius 1 is 1.00 bits per heavy atom. The predicted molar refractivity (Wildman–Crippen MR) is 89.3 cm³/mol. The third-order valence-corrected chi connectivity index (χ3v) is 4.47. The standard InChI is InChI=1S/C17H13ClN2OS/c18-15-7-6-14(22-15)17(21)20-16(12-4-2-1-3-5-12)13-8-10-19-11-9-13/h1-11,16H,(H,20,21)/t16-/m1/s1. The first kappa shape index (κ1) is 14.8. The second-order valence-electron chi connectivity index (χ2n) is 4.70. The van der Waals surface area contributed by atoms with Crippen LogP contribution in [0, 0.1) is 0 Å². The molecule has 22 heavy (non-hydrogen) atoms. The average Bonchev–Trinajstić information content (AvgIpc) is 3.01. The summed E-state index contributed by atoms with van der Waals surface area (Å²) in [5.74, 6) is -0.137. The van der Waals surface area contributed by atoms with Crippen LogP contribution in [0.1, 0.15) is 26.8 Å². The Labute approximate surface area is 137 Å². The van der Waals surface area contributed by atoms with Gasteiger partial charge in [-0.05, 0) is 35.4 Å². The van der Waals surface area contributed by atoms with Gasteiger partial charge in [0.15, 0.2) is 0 Å². The Hall–Kier alpha value is -2.17. The summed E-state index contributed by atoms with van der Waals surface area (Å²) >= 11 is 7.17. The van der Waals surface area contributed by atoms with Gasteiger partial charge < -0.3 is 5.32 Å². The van der Waals surface area contributed by atoms with Gasteiger partial charge in [-0.1, -0.05) is 41.9 Å². The fraction of sp³-hybridized carbons (Fsp3) is 0.0588. The molecule has 3 aromatic rings. The van der Waals surface area contributed by atoms with E-state index in [1.807, 2.05) is 42.5 Å². The molecule has 1 atom stereocenters. The summed E-state index contributed by atoms with van der Waals surface area (Å²) in [5, 5.41) is 3.06. The summed E-state index contributed by atoms with van der Waals surface area (Å²) in [5.41, 5.74) is 2.00. The van der Waals surface area contributed by atoms with E-state index in [4.69, 9.17) is 11.6 Å². The molecule has 5 heteroatoms. The molecule has 1 aromatic carbocycles. The third kappa shape index (κ3) is 3.35. The van der Waals surface area contributed by atoms with Crippen LogP contribution in [0.5, 0.6) is 0 Å². The summed E-state index contributed by atoms with van der Waals surface area (Å²) in [4.78, 5) is 17.1. The molecule has 0 bridgehead atoms. The molecule has 0 aliphatic carbocycles. The van der Waals surface area contributed by atoms with E-state index in [1.165, 1.54) is 11.3 Å². The zero-order valence-electron chi connectivity index (χ0n) is 11.6. The first-order chi connectivity index (χ1) is 10.7. The van der Waals surface area contributed by atoms with E-state index >= 15 is 0 Å². The van der Waals surface area contributed by atoms with Crippen molar-refractivity contribution in [3.05, 3.63) is 87.3 Å². The van der Waals surface area contributed by atoms with E-state index in [0.29, 0.717) is 9.21 Å². The second-order valence-corrected chi connectivity index (χ2v) is 6.42. The van der Waals surface area contributed by atoms with Crippen molar-refractivity contribution in [2.75, 3.05) is 0 Å². The van der Waals surface area contributed by atoms with Gasteiger partial charge in [-0.2, -0.15) is 0 Å². The largest absolute Gasteiger partial charge is 0.340 e. The highest BCUT2D eigenvalue weighted by molar-refractivity contribution is 7.18. The average molecular weight is 329 g/mol. The molecule has 110 valence electrons. The summed E-state index contributed by atoms with van der Waals surface area (Å²) in [6, 6.07) is 16.9. The van der Waals surface area contributed by atoms with Crippen molar-refractivity contribution in [2.24, 2.45) is 0 Å². The second kappa shape index (κ2) is 6.73. The van der Waals surface area contributed by atoms with Crippen LogP contribution in [0.3, 0.4) is 0 Å². The summed E-state index contributed by atoms with van der Waals surface area (Å²) in [6.45, 7) is 0. The van der Waals surface area contributed by atoms with Crippen molar-refractivity contribution in [1.29, 1.82) is 0 Å². The number of halogens is 1. The highest BCUT2D eigenvalue weighted by Gasteiger charge is 2.18. The molecular weight excluding hydrogens is 316 g/mol. The molecule has 0 unspecified atom stereocenters.